The fourth-order valence-corrected chi connectivity index (χ4v) is 3.70. The third kappa shape index (κ3) is 5.94. The number of nitrogens with zero attached hydrogens (tertiary/aromatic N) is 2. The molecule has 174 valence electrons. The summed E-state index contributed by atoms with van der Waals surface area (Å²) in [5.41, 5.74) is 9.32. The summed E-state index contributed by atoms with van der Waals surface area (Å²) in [6.45, 7) is 6.90. The van der Waals surface area contributed by atoms with Gasteiger partial charge in [-0.15, -0.1) is 0 Å². The van der Waals surface area contributed by atoms with Crippen LogP contribution in [0.5, 0.6) is 11.5 Å². The van der Waals surface area contributed by atoms with Crippen molar-refractivity contribution in [1.82, 2.24) is 9.99 Å². The molecule has 0 saturated heterocycles. The van der Waals surface area contributed by atoms with Crippen LogP contribution in [0.15, 0.2) is 53.6 Å². The molecule has 0 bridgehead atoms. The minimum atomic E-state index is -0.211. The molecule has 0 atom stereocenters. The molecule has 0 amide bonds. The molecule has 0 aliphatic heterocycles. The summed E-state index contributed by atoms with van der Waals surface area (Å²) in [4.78, 5) is 11.7. The molecular formula is C26H31N3O4. The van der Waals surface area contributed by atoms with Crippen molar-refractivity contribution in [2.45, 2.75) is 33.7 Å². The Morgan fingerprint density at radius 2 is 1.70 bits per heavy atom. The van der Waals surface area contributed by atoms with E-state index in [1.807, 2.05) is 55.6 Å². The lowest BCUT2D eigenvalue weighted by atomic mass is 10.1. The van der Waals surface area contributed by atoms with Gasteiger partial charge in [0.25, 0.3) is 0 Å². The molecule has 0 aliphatic carbocycles. The Labute approximate surface area is 195 Å². The van der Waals surface area contributed by atoms with Crippen molar-refractivity contribution in [2.75, 3.05) is 20.8 Å². The average molecular weight is 450 g/mol. The Balaban J connectivity index is 1.67. The zero-order chi connectivity index (χ0) is 23.8. The maximum Gasteiger partial charge on any atom is 0.310 e. The van der Waals surface area contributed by atoms with Crippen LogP contribution in [-0.4, -0.2) is 37.6 Å². The molecule has 33 heavy (non-hydrogen) atoms. The standard InChI is InChI=1S/C26H31N3O4/c1-6-33-26(30)15-20-7-10-23(11-8-20)29-18(2)13-22(19(29)3)17-28-27-16-21-9-12-24(31-4)25(14-21)32-5/h7-14,17,27H,6,15-16H2,1-5H3/b28-17-. The summed E-state index contributed by atoms with van der Waals surface area (Å²) in [5, 5.41) is 4.40. The molecule has 7 heteroatoms. The summed E-state index contributed by atoms with van der Waals surface area (Å²) in [6.07, 6.45) is 2.11. The van der Waals surface area contributed by atoms with Crippen LogP contribution in [0, 0.1) is 13.8 Å². The van der Waals surface area contributed by atoms with Gasteiger partial charge < -0.3 is 24.2 Å². The van der Waals surface area contributed by atoms with E-state index < -0.39 is 0 Å². The first kappa shape index (κ1) is 23.9. The summed E-state index contributed by atoms with van der Waals surface area (Å²) in [7, 11) is 3.24. The Kier molecular flexibility index (Phi) is 8.13. The molecule has 3 rings (SSSR count). The molecule has 3 aromatic rings. The van der Waals surface area contributed by atoms with Gasteiger partial charge in [-0.25, -0.2) is 0 Å². The first-order valence-electron chi connectivity index (χ1n) is 10.9. The summed E-state index contributed by atoms with van der Waals surface area (Å²) in [6, 6.07) is 15.8. The largest absolute Gasteiger partial charge is 0.493 e. The van der Waals surface area contributed by atoms with E-state index in [2.05, 4.69) is 35.0 Å². The maximum absolute atomic E-state index is 11.7. The van der Waals surface area contributed by atoms with Gasteiger partial charge in [-0.05, 0) is 62.2 Å². The second-order valence-corrected chi connectivity index (χ2v) is 7.59. The van der Waals surface area contributed by atoms with Gasteiger partial charge in [-0.2, -0.15) is 5.10 Å². The molecule has 1 N–H and O–H groups in total. The lowest BCUT2D eigenvalue weighted by Crippen LogP contribution is -2.07. The van der Waals surface area contributed by atoms with Gasteiger partial charge in [-0.1, -0.05) is 18.2 Å². The molecule has 0 spiro atoms. The quantitative estimate of drug-likeness (QED) is 0.283. The van der Waals surface area contributed by atoms with Crippen LogP contribution in [0.25, 0.3) is 5.69 Å². The molecule has 7 nitrogen and oxygen atoms in total. The van der Waals surface area contributed by atoms with Crippen LogP contribution >= 0.6 is 0 Å². The molecular weight excluding hydrogens is 418 g/mol. The Bertz CT molecular complexity index is 1120. The number of hydrogen-bond acceptors (Lipinski definition) is 6. The van der Waals surface area contributed by atoms with Crippen molar-refractivity contribution < 1.29 is 19.0 Å². The number of hydrogen-bond donors (Lipinski definition) is 1. The van der Waals surface area contributed by atoms with Gasteiger partial charge in [0.2, 0.25) is 0 Å². The molecule has 2 aromatic carbocycles. The minimum Gasteiger partial charge on any atom is -0.493 e. The summed E-state index contributed by atoms with van der Waals surface area (Å²) < 4.78 is 17.8. The molecule has 0 saturated carbocycles. The SMILES string of the molecule is CCOC(=O)Cc1ccc(-n2c(C)cc(/C=N\NCc3ccc(OC)c(OC)c3)c2C)cc1. The van der Waals surface area contributed by atoms with Gasteiger partial charge in [0.05, 0.1) is 40.0 Å². The van der Waals surface area contributed by atoms with E-state index in [4.69, 9.17) is 14.2 Å². The number of aromatic nitrogens is 1. The van der Waals surface area contributed by atoms with E-state index in [9.17, 15) is 4.79 Å². The Hall–Kier alpha value is -3.74. The molecule has 1 aromatic heterocycles. The Morgan fingerprint density at radius 1 is 1.00 bits per heavy atom. The highest BCUT2D eigenvalue weighted by Crippen LogP contribution is 2.27. The highest BCUT2D eigenvalue weighted by molar-refractivity contribution is 5.82. The topological polar surface area (TPSA) is 74.1 Å². The van der Waals surface area contributed by atoms with Crippen LogP contribution in [-0.2, 0) is 22.5 Å². The van der Waals surface area contributed by atoms with Crippen LogP contribution in [0.2, 0.25) is 0 Å². The van der Waals surface area contributed by atoms with Gasteiger partial charge in [0.1, 0.15) is 0 Å². The van der Waals surface area contributed by atoms with Crippen molar-refractivity contribution in [1.29, 1.82) is 0 Å². The number of carbonyl (C=O) groups is 1. The average Bonchev–Trinajstić information content (AvgIpc) is 3.10. The van der Waals surface area contributed by atoms with Crippen LogP contribution in [0.1, 0.15) is 35.0 Å². The molecule has 0 aliphatic rings. The van der Waals surface area contributed by atoms with Crippen molar-refractivity contribution in [3.8, 4) is 17.2 Å². The first-order valence-corrected chi connectivity index (χ1v) is 10.9. The summed E-state index contributed by atoms with van der Waals surface area (Å²) in [5.74, 6) is 1.18. The normalized spacial score (nSPS) is 10.9. The van der Waals surface area contributed by atoms with Gasteiger partial charge in [0, 0.05) is 22.6 Å². The lowest BCUT2D eigenvalue weighted by Gasteiger charge is -2.11. The fourth-order valence-electron chi connectivity index (χ4n) is 3.70. The van der Waals surface area contributed by atoms with Crippen molar-refractivity contribution >= 4 is 12.2 Å². The fraction of sp³-hybridized carbons (Fsp3) is 0.308. The van der Waals surface area contributed by atoms with E-state index in [1.54, 1.807) is 14.2 Å². The van der Waals surface area contributed by atoms with Gasteiger partial charge >= 0.3 is 5.97 Å². The van der Waals surface area contributed by atoms with E-state index in [0.717, 1.165) is 33.8 Å². The first-order chi connectivity index (χ1) is 16.0. The van der Waals surface area contributed by atoms with Crippen molar-refractivity contribution in [3.05, 3.63) is 76.6 Å². The van der Waals surface area contributed by atoms with E-state index in [0.29, 0.717) is 24.7 Å². The van der Waals surface area contributed by atoms with E-state index >= 15 is 0 Å². The highest BCUT2D eigenvalue weighted by Gasteiger charge is 2.10. The number of rotatable bonds is 10. The minimum absolute atomic E-state index is 0.211. The number of methoxy groups -OCH3 is 2. The van der Waals surface area contributed by atoms with E-state index in [-0.39, 0.29) is 12.4 Å². The zero-order valence-corrected chi connectivity index (χ0v) is 19.8. The predicted molar refractivity (Wildman–Crippen MR) is 130 cm³/mol. The van der Waals surface area contributed by atoms with Gasteiger partial charge in [0.15, 0.2) is 11.5 Å². The van der Waals surface area contributed by atoms with Crippen LogP contribution in [0.3, 0.4) is 0 Å². The third-order valence-electron chi connectivity index (χ3n) is 5.34. The smallest absolute Gasteiger partial charge is 0.310 e. The Morgan fingerprint density at radius 3 is 2.36 bits per heavy atom. The number of carbonyl (C=O) groups excluding carboxylic acids is 1. The monoisotopic (exact) mass is 449 g/mol. The number of hydrazone groups is 1. The van der Waals surface area contributed by atoms with Crippen molar-refractivity contribution in [3.63, 3.8) is 0 Å². The zero-order valence-electron chi connectivity index (χ0n) is 19.8. The lowest BCUT2D eigenvalue weighted by molar-refractivity contribution is -0.142. The summed E-state index contributed by atoms with van der Waals surface area (Å²) >= 11 is 0. The number of benzene rings is 2. The second-order valence-electron chi connectivity index (χ2n) is 7.59. The molecule has 0 radical (unpaired) electrons. The van der Waals surface area contributed by atoms with Gasteiger partial charge in [-0.3, -0.25) is 4.79 Å². The molecule has 0 unspecified atom stereocenters. The number of aryl methyl sites for hydroxylation is 1. The third-order valence-corrected chi connectivity index (χ3v) is 5.34. The van der Waals surface area contributed by atoms with Crippen LogP contribution in [0.4, 0.5) is 0 Å². The predicted octanol–water partition coefficient (Wildman–Crippen LogP) is 4.34. The molecule has 1 heterocycles. The van der Waals surface area contributed by atoms with E-state index in [1.165, 1.54) is 0 Å². The molecule has 0 fully saturated rings. The number of ether oxygens (including phenoxy) is 3. The maximum atomic E-state index is 11.7. The second kappa shape index (κ2) is 11.2. The number of esters is 1. The van der Waals surface area contributed by atoms with Crippen LogP contribution < -0.4 is 14.9 Å². The highest BCUT2D eigenvalue weighted by atomic mass is 16.5. The van der Waals surface area contributed by atoms with Crippen molar-refractivity contribution in [2.24, 2.45) is 5.10 Å². The number of nitrogens with one attached hydrogen (secondary N) is 1.